The number of hydrogen-bond acceptors (Lipinski definition) is 5. The van der Waals surface area contributed by atoms with Crippen LogP contribution < -0.4 is 10.6 Å². The Morgan fingerprint density at radius 1 is 1.07 bits per heavy atom. The maximum Gasteiger partial charge on any atom is 0.249 e. The molecule has 2 amide bonds. The highest BCUT2D eigenvalue weighted by atomic mass is 32.1. The predicted molar refractivity (Wildman–Crippen MR) is 123 cm³/mol. The number of hydrogen-bond donors (Lipinski definition) is 2. The lowest BCUT2D eigenvalue weighted by Crippen LogP contribution is -2.47. The maximum atomic E-state index is 12.8. The first-order valence-electron chi connectivity index (χ1n) is 10.9. The van der Waals surface area contributed by atoms with Crippen molar-refractivity contribution in [2.45, 2.75) is 78.7 Å². The van der Waals surface area contributed by atoms with Crippen LogP contribution in [0.2, 0.25) is 0 Å². The summed E-state index contributed by atoms with van der Waals surface area (Å²) < 4.78 is 0. The molecule has 7 heteroatoms. The van der Waals surface area contributed by atoms with Crippen molar-refractivity contribution in [2.24, 2.45) is 5.92 Å². The van der Waals surface area contributed by atoms with E-state index >= 15 is 0 Å². The molecule has 0 bridgehead atoms. The van der Waals surface area contributed by atoms with Gasteiger partial charge in [-0.05, 0) is 25.3 Å². The molecule has 30 heavy (non-hydrogen) atoms. The summed E-state index contributed by atoms with van der Waals surface area (Å²) in [5.74, 6) is -0.354. The van der Waals surface area contributed by atoms with E-state index in [0.29, 0.717) is 11.6 Å². The van der Waals surface area contributed by atoms with Crippen molar-refractivity contribution < 1.29 is 9.59 Å². The van der Waals surface area contributed by atoms with Gasteiger partial charge in [-0.3, -0.25) is 14.9 Å². The van der Waals surface area contributed by atoms with Crippen molar-refractivity contribution >= 4 is 28.3 Å². The van der Waals surface area contributed by atoms with E-state index in [4.69, 9.17) is 0 Å². The SMILES string of the molecule is CCCCCCCCC(=O)NC(C(=O)Nc1nnc(-c2cccc(C)c2)s1)C(C)C. The highest BCUT2D eigenvalue weighted by Crippen LogP contribution is 2.27. The first kappa shape index (κ1) is 24.0. The Kier molecular flexibility index (Phi) is 9.94. The van der Waals surface area contributed by atoms with Crippen LogP contribution in [0.3, 0.4) is 0 Å². The lowest BCUT2D eigenvalue weighted by atomic mass is 10.0. The fraction of sp³-hybridized carbons (Fsp3) is 0.565. The topological polar surface area (TPSA) is 84.0 Å². The third kappa shape index (κ3) is 7.86. The van der Waals surface area contributed by atoms with Crippen LogP contribution in [0.5, 0.6) is 0 Å². The molecule has 1 unspecified atom stereocenters. The van der Waals surface area contributed by atoms with Gasteiger partial charge in [0, 0.05) is 12.0 Å². The van der Waals surface area contributed by atoms with E-state index in [1.54, 1.807) is 0 Å². The number of aryl methyl sites for hydroxylation is 1. The summed E-state index contributed by atoms with van der Waals surface area (Å²) in [6.45, 7) is 8.06. The summed E-state index contributed by atoms with van der Waals surface area (Å²) in [5, 5.41) is 15.2. The second-order valence-corrected chi connectivity index (χ2v) is 9.06. The Bertz CT molecular complexity index is 819. The number of benzene rings is 1. The minimum absolute atomic E-state index is 0.0253. The third-order valence-electron chi connectivity index (χ3n) is 4.94. The Balaban J connectivity index is 1.87. The average Bonchev–Trinajstić information content (AvgIpc) is 3.17. The minimum Gasteiger partial charge on any atom is -0.344 e. The van der Waals surface area contributed by atoms with Gasteiger partial charge in [0.05, 0.1) is 0 Å². The lowest BCUT2D eigenvalue weighted by molar-refractivity contribution is -0.127. The van der Waals surface area contributed by atoms with E-state index in [0.717, 1.165) is 35.4 Å². The molecule has 2 aromatic rings. The summed E-state index contributed by atoms with van der Waals surface area (Å²) in [7, 11) is 0. The van der Waals surface area contributed by atoms with Gasteiger partial charge in [-0.25, -0.2) is 0 Å². The lowest BCUT2D eigenvalue weighted by Gasteiger charge is -2.21. The summed E-state index contributed by atoms with van der Waals surface area (Å²) in [5.41, 5.74) is 2.11. The summed E-state index contributed by atoms with van der Waals surface area (Å²) in [6, 6.07) is 7.40. The van der Waals surface area contributed by atoms with Crippen molar-refractivity contribution in [3.8, 4) is 10.6 Å². The number of rotatable bonds is 12. The van der Waals surface area contributed by atoms with Gasteiger partial charge < -0.3 is 5.32 Å². The number of anilines is 1. The fourth-order valence-corrected chi connectivity index (χ4v) is 3.94. The third-order valence-corrected chi connectivity index (χ3v) is 5.83. The van der Waals surface area contributed by atoms with E-state index < -0.39 is 6.04 Å². The molecule has 1 aromatic heterocycles. The van der Waals surface area contributed by atoms with E-state index in [1.165, 1.54) is 30.6 Å². The Morgan fingerprint density at radius 2 is 1.80 bits per heavy atom. The molecule has 6 nitrogen and oxygen atoms in total. The Hall–Kier alpha value is -2.28. The molecule has 1 aromatic carbocycles. The number of amides is 2. The molecule has 0 saturated heterocycles. The zero-order valence-corrected chi connectivity index (χ0v) is 19.3. The molecule has 164 valence electrons. The van der Waals surface area contributed by atoms with Gasteiger partial charge in [0.25, 0.3) is 0 Å². The number of carbonyl (C=O) groups is 2. The first-order chi connectivity index (χ1) is 14.4. The summed E-state index contributed by atoms with van der Waals surface area (Å²) in [4.78, 5) is 25.1. The molecule has 1 heterocycles. The highest BCUT2D eigenvalue weighted by Gasteiger charge is 2.25. The molecule has 0 spiro atoms. The van der Waals surface area contributed by atoms with E-state index in [9.17, 15) is 9.59 Å². The van der Waals surface area contributed by atoms with Crippen LogP contribution in [0.1, 0.15) is 71.3 Å². The molecule has 0 aliphatic heterocycles. The van der Waals surface area contributed by atoms with Crippen LogP contribution >= 0.6 is 11.3 Å². The number of nitrogens with one attached hydrogen (secondary N) is 2. The van der Waals surface area contributed by atoms with Crippen molar-refractivity contribution in [2.75, 3.05) is 5.32 Å². The van der Waals surface area contributed by atoms with Crippen molar-refractivity contribution in [1.29, 1.82) is 0 Å². The number of unbranched alkanes of at least 4 members (excludes halogenated alkanes) is 5. The number of aromatic nitrogens is 2. The smallest absolute Gasteiger partial charge is 0.249 e. The van der Waals surface area contributed by atoms with Crippen LogP contribution in [-0.2, 0) is 9.59 Å². The molecule has 0 saturated carbocycles. The van der Waals surface area contributed by atoms with Crippen LogP contribution in [0.15, 0.2) is 24.3 Å². The monoisotopic (exact) mass is 430 g/mol. The molecule has 2 rings (SSSR count). The second-order valence-electron chi connectivity index (χ2n) is 8.08. The normalized spacial score (nSPS) is 12.0. The quantitative estimate of drug-likeness (QED) is 0.445. The van der Waals surface area contributed by atoms with Gasteiger partial charge >= 0.3 is 0 Å². The van der Waals surface area contributed by atoms with Crippen molar-refractivity contribution in [3.63, 3.8) is 0 Å². The van der Waals surface area contributed by atoms with E-state index in [2.05, 4.69) is 27.8 Å². The minimum atomic E-state index is -0.594. The maximum absolute atomic E-state index is 12.8. The molecule has 0 aliphatic rings. The number of nitrogens with zero attached hydrogens (tertiary/aromatic N) is 2. The molecular weight excluding hydrogens is 396 g/mol. The number of carbonyl (C=O) groups excluding carboxylic acids is 2. The summed E-state index contributed by atoms with van der Waals surface area (Å²) in [6.07, 6.45) is 7.22. The molecule has 2 N–H and O–H groups in total. The highest BCUT2D eigenvalue weighted by molar-refractivity contribution is 7.18. The zero-order chi connectivity index (χ0) is 21.9. The van der Waals surface area contributed by atoms with Gasteiger partial charge in [-0.2, -0.15) is 0 Å². The zero-order valence-electron chi connectivity index (χ0n) is 18.5. The second kappa shape index (κ2) is 12.4. The standard InChI is InChI=1S/C23H34N4O2S/c1-5-6-7-8-9-10-14-19(28)24-20(16(2)3)21(29)25-23-27-26-22(30-23)18-13-11-12-17(4)15-18/h11-13,15-16,20H,5-10,14H2,1-4H3,(H,24,28)(H,25,27,29). The van der Waals surface area contributed by atoms with Crippen molar-refractivity contribution in [3.05, 3.63) is 29.8 Å². The van der Waals surface area contributed by atoms with Crippen molar-refractivity contribution in [1.82, 2.24) is 15.5 Å². The van der Waals surface area contributed by atoms with E-state index in [-0.39, 0.29) is 17.7 Å². The largest absolute Gasteiger partial charge is 0.344 e. The van der Waals surface area contributed by atoms with Crippen LogP contribution in [0.4, 0.5) is 5.13 Å². The van der Waals surface area contributed by atoms with Gasteiger partial charge in [0.2, 0.25) is 16.9 Å². The Labute approximate surface area is 183 Å². The van der Waals surface area contributed by atoms with Gasteiger partial charge in [-0.1, -0.05) is 88.0 Å². The molecule has 0 fully saturated rings. The average molecular weight is 431 g/mol. The predicted octanol–water partition coefficient (Wildman–Crippen LogP) is 5.34. The van der Waals surface area contributed by atoms with Crippen LogP contribution in [0, 0.1) is 12.8 Å². The molecular formula is C23H34N4O2S. The molecule has 0 radical (unpaired) electrons. The first-order valence-corrected chi connectivity index (χ1v) is 11.7. The molecule has 1 atom stereocenters. The van der Waals surface area contributed by atoms with Gasteiger partial charge in [-0.15, -0.1) is 10.2 Å². The fourth-order valence-electron chi connectivity index (χ4n) is 3.20. The molecule has 0 aliphatic carbocycles. The van der Waals surface area contributed by atoms with Crippen LogP contribution in [-0.4, -0.2) is 28.1 Å². The summed E-state index contributed by atoms with van der Waals surface area (Å²) >= 11 is 1.33. The van der Waals surface area contributed by atoms with Crippen LogP contribution in [0.25, 0.3) is 10.6 Å². The van der Waals surface area contributed by atoms with E-state index in [1.807, 2.05) is 45.0 Å². The Morgan fingerprint density at radius 3 is 2.50 bits per heavy atom. The van der Waals surface area contributed by atoms with Gasteiger partial charge in [0.15, 0.2) is 0 Å². The van der Waals surface area contributed by atoms with Gasteiger partial charge in [0.1, 0.15) is 11.0 Å².